The summed E-state index contributed by atoms with van der Waals surface area (Å²) >= 11 is 1.55. The average molecular weight is 460 g/mol. The van der Waals surface area contributed by atoms with Crippen molar-refractivity contribution < 1.29 is 23.1 Å². The zero-order valence-corrected chi connectivity index (χ0v) is 19.3. The highest BCUT2D eigenvalue weighted by Crippen LogP contribution is 2.34. The number of hydrogen-bond donors (Lipinski definition) is 0. The Hall–Kier alpha value is -2.67. The van der Waals surface area contributed by atoms with Gasteiger partial charge in [-0.3, -0.25) is 9.59 Å². The first kappa shape index (κ1) is 24.0. The fourth-order valence-corrected chi connectivity index (χ4v) is 4.01. The highest BCUT2D eigenvalue weighted by atomic mass is 32.2. The van der Waals surface area contributed by atoms with Gasteiger partial charge in [0.05, 0.1) is 0 Å². The van der Waals surface area contributed by atoms with E-state index in [4.69, 9.17) is 4.74 Å². The fraction of sp³-hybridized carbons (Fsp3) is 0.360. The van der Waals surface area contributed by atoms with E-state index in [2.05, 4.69) is 0 Å². The van der Waals surface area contributed by atoms with Crippen LogP contribution in [0.1, 0.15) is 26.7 Å². The Morgan fingerprint density at radius 1 is 1.28 bits per heavy atom. The van der Waals surface area contributed by atoms with Crippen LogP contribution < -0.4 is 4.74 Å². The molecule has 4 nitrogen and oxygen atoms in total. The van der Waals surface area contributed by atoms with E-state index in [1.54, 1.807) is 28.9 Å². The molecule has 0 saturated heterocycles. The number of ketones is 1. The van der Waals surface area contributed by atoms with Crippen molar-refractivity contribution in [3.05, 3.63) is 76.7 Å². The van der Waals surface area contributed by atoms with Crippen molar-refractivity contribution >= 4 is 24.0 Å². The summed E-state index contributed by atoms with van der Waals surface area (Å²) in [5.41, 5.74) is 2.27. The van der Waals surface area contributed by atoms with E-state index in [0.717, 1.165) is 37.0 Å². The summed E-state index contributed by atoms with van der Waals surface area (Å²) in [6, 6.07) is 3.02. The number of rotatable bonds is 10. The van der Waals surface area contributed by atoms with E-state index in [1.165, 1.54) is 12.1 Å². The molecule has 170 valence electrons. The maximum atomic E-state index is 14.3. The summed E-state index contributed by atoms with van der Waals surface area (Å²) in [6.07, 6.45) is 11.7. The van der Waals surface area contributed by atoms with E-state index < -0.39 is 11.6 Å². The van der Waals surface area contributed by atoms with Gasteiger partial charge in [-0.15, -0.1) is 0 Å². The lowest BCUT2D eigenvalue weighted by atomic mass is 9.90. The zero-order valence-electron chi connectivity index (χ0n) is 18.4. The minimum absolute atomic E-state index is 0.151. The first-order valence-corrected chi connectivity index (χ1v) is 11.9. The molecule has 3 rings (SSSR count). The van der Waals surface area contributed by atoms with Gasteiger partial charge < -0.3 is 9.64 Å². The second-order valence-electron chi connectivity index (χ2n) is 8.28. The summed E-state index contributed by atoms with van der Waals surface area (Å²) in [5.74, 6) is -1.03. The summed E-state index contributed by atoms with van der Waals surface area (Å²) in [4.78, 5) is 26.0. The molecule has 0 bridgehead atoms. The largest absolute Gasteiger partial charge is 0.454 e. The predicted octanol–water partition coefficient (Wildman–Crippen LogP) is 5.43. The van der Waals surface area contributed by atoms with Gasteiger partial charge >= 0.3 is 0 Å². The number of amides is 1. The average Bonchev–Trinajstić information content (AvgIpc) is 3.54. The zero-order chi connectivity index (χ0) is 23.3. The summed E-state index contributed by atoms with van der Waals surface area (Å²) in [5, 5.41) is 0. The molecule has 1 aromatic carbocycles. The maximum Gasteiger partial charge on any atom is 0.213 e. The third-order valence-corrected chi connectivity index (χ3v) is 5.79. The first-order valence-electron chi connectivity index (χ1n) is 10.5. The second kappa shape index (κ2) is 10.8. The molecule has 2 aliphatic rings. The molecule has 0 spiro atoms. The molecule has 7 heteroatoms. The third kappa shape index (κ3) is 6.42. The van der Waals surface area contributed by atoms with E-state index in [-0.39, 0.29) is 23.2 Å². The highest BCUT2D eigenvalue weighted by molar-refractivity contribution is 7.98. The Morgan fingerprint density at radius 3 is 2.62 bits per heavy atom. The van der Waals surface area contributed by atoms with Crippen LogP contribution in [0.4, 0.5) is 8.78 Å². The van der Waals surface area contributed by atoms with Crippen molar-refractivity contribution in [1.82, 2.24) is 4.90 Å². The lowest BCUT2D eigenvalue weighted by Gasteiger charge is -2.23. The minimum Gasteiger partial charge on any atom is -0.454 e. The van der Waals surface area contributed by atoms with Crippen molar-refractivity contribution in [3.8, 4) is 5.75 Å². The number of hydrogen-bond acceptors (Lipinski definition) is 4. The van der Waals surface area contributed by atoms with Crippen LogP contribution in [0.15, 0.2) is 65.1 Å². The highest BCUT2D eigenvalue weighted by Gasteiger charge is 2.27. The van der Waals surface area contributed by atoms with Crippen LogP contribution >= 0.6 is 11.8 Å². The Kier molecular flexibility index (Phi) is 8.07. The number of benzene rings is 1. The Morgan fingerprint density at radius 2 is 2.03 bits per heavy atom. The number of halogens is 2. The minimum atomic E-state index is -0.861. The van der Waals surface area contributed by atoms with Crippen molar-refractivity contribution in [2.75, 3.05) is 18.6 Å². The Bertz CT molecular complexity index is 1000. The molecule has 1 atom stereocenters. The lowest BCUT2D eigenvalue weighted by molar-refractivity contribution is -0.117. The predicted molar refractivity (Wildman–Crippen MR) is 123 cm³/mol. The molecule has 0 aliphatic heterocycles. The third-order valence-electron chi connectivity index (χ3n) is 5.09. The molecular formula is C25H27F2NO3S. The molecule has 1 saturated carbocycles. The van der Waals surface area contributed by atoms with Crippen LogP contribution in [0.2, 0.25) is 0 Å². The van der Waals surface area contributed by atoms with E-state index in [0.29, 0.717) is 29.4 Å². The smallest absolute Gasteiger partial charge is 0.213 e. The number of carbonyl (C=O) groups excluding carboxylic acids is 2. The van der Waals surface area contributed by atoms with Crippen LogP contribution in [0, 0.1) is 23.5 Å². The monoisotopic (exact) mass is 459 g/mol. The van der Waals surface area contributed by atoms with Gasteiger partial charge in [0, 0.05) is 47.7 Å². The summed E-state index contributed by atoms with van der Waals surface area (Å²) < 4.78 is 33.4. The number of carbonyl (C=O) groups is 2. The van der Waals surface area contributed by atoms with Gasteiger partial charge in [-0.1, -0.05) is 17.7 Å². The van der Waals surface area contributed by atoms with Gasteiger partial charge in [-0.25, -0.2) is 8.78 Å². The van der Waals surface area contributed by atoms with Crippen LogP contribution in [-0.4, -0.2) is 35.6 Å². The van der Waals surface area contributed by atoms with Gasteiger partial charge in [0.1, 0.15) is 11.6 Å². The van der Waals surface area contributed by atoms with Crippen LogP contribution in [-0.2, 0) is 9.59 Å². The number of ether oxygens (including phenoxy) is 1. The van der Waals surface area contributed by atoms with Gasteiger partial charge in [0.2, 0.25) is 6.41 Å². The molecule has 1 aromatic rings. The molecule has 2 aliphatic carbocycles. The lowest BCUT2D eigenvalue weighted by Crippen LogP contribution is -2.22. The van der Waals surface area contributed by atoms with Crippen LogP contribution in [0.3, 0.4) is 0 Å². The van der Waals surface area contributed by atoms with E-state index in [1.807, 2.05) is 26.2 Å². The number of allylic oxidation sites excluding steroid dienone is 5. The standard InChI is InChI=1S/C25H27F2NO3S/c1-16(2)8-18(13-28(15-29)12-17-4-5-17)21-9-19(14-32-3)23(30)11-25(21)31-24-7-6-20(26)10-22(24)27/h6-11,13,15,17,19H,4-5,12,14H2,1-3H3/b18-13+. The Labute approximate surface area is 191 Å². The molecule has 1 unspecified atom stereocenters. The second-order valence-corrected chi connectivity index (χ2v) is 9.19. The van der Waals surface area contributed by atoms with Gasteiger partial charge in [0.15, 0.2) is 17.3 Å². The van der Waals surface area contributed by atoms with Crippen LogP contribution in [0.5, 0.6) is 5.75 Å². The Balaban J connectivity index is 2.04. The molecule has 32 heavy (non-hydrogen) atoms. The number of thioether (sulfide) groups is 1. The van der Waals surface area contributed by atoms with Crippen molar-refractivity contribution in [2.24, 2.45) is 11.8 Å². The fourth-order valence-electron chi connectivity index (χ4n) is 3.39. The molecular weight excluding hydrogens is 432 g/mol. The molecule has 0 radical (unpaired) electrons. The first-order chi connectivity index (χ1) is 15.3. The number of nitrogens with zero attached hydrogens (tertiary/aromatic N) is 1. The van der Waals surface area contributed by atoms with Gasteiger partial charge in [-0.05, 0) is 51.0 Å². The SMILES string of the molecule is CSCC1C=C(/C(C=C(C)C)=C/N(C=O)CC2CC2)C(Oc2ccc(F)cc2F)=CC1=O. The normalized spacial score (nSPS) is 18.6. The quantitative estimate of drug-likeness (QED) is 0.346. The molecule has 0 aromatic heterocycles. The van der Waals surface area contributed by atoms with Gasteiger partial charge in [-0.2, -0.15) is 11.8 Å². The topological polar surface area (TPSA) is 46.6 Å². The molecule has 1 amide bonds. The van der Waals surface area contributed by atoms with Crippen molar-refractivity contribution in [1.29, 1.82) is 0 Å². The summed E-state index contributed by atoms with van der Waals surface area (Å²) in [7, 11) is 0. The van der Waals surface area contributed by atoms with Gasteiger partial charge in [0.25, 0.3) is 0 Å². The van der Waals surface area contributed by atoms with Crippen molar-refractivity contribution in [2.45, 2.75) is 26.7 Å². The van der Waals surface area contributed by atoms with E-state index in [9.17, 15) is 18.4 Å². The molecule has 0 N–H and O–H groups in total. The van der Waals surface area contributed by atoms with Crippen molar-refractivity contribution in [3.63, 3.8) is 0 Å². The van der Waals surface area contributed by atoms with E-state index >= 15 is 0 Å². The summed E-state index contributed by atoms with van der Waals surface area (Å²) in [6.45, 7) is 4.48. The molecule has 1 fully saturated rings. The maximum absolute atomic E-state index is 14.3. The van der Waals surface area contributed by atoms with Crippen LogP contribution in [0.25, 0.3) is 0 Å². The molecule has 0 heterocycles.